The average Bonchev–Trinajstić information content (AvgIpc) is 2.87. The van der Waals surface area contributed by atoms with Crippen LogP contribution in [0.1, 0.15) is 60.4 Å². The van der Waals surface area contributed by atoms with Gasteiger partial charge >= 0.3 is 0 Å². The number of aliphatic hydroxyl groups is 1. The summed E-state index contributed by atoms with van der Waals surface area (Å²) in [4.78, 5) is 0. The molecule has 4 rings (SSSR count). The third-order valence-electron chi connectivity index (χ3n) is 6.69. The van der Waals surface area contributed by atoms with E-state index in [1.165, 1.54) is 36.8 Å². The normalized spacial score (nSPS) is 12.9. The number of aryl methyl sites for hydroxylation is 2. The zero-order chi connectivity index (χ0) is 24.8. The first kappa shape index (κ1) is 25.9. The van der Waals surface area contributed by atoms with Crippen molar-refractivity contribution in [1.82, 2.24) is 0 Å². The molecule has 180 valence electrons. The van der Waals surface area contributed by atoms with Crippen molar-refractivity contribution in [3.05, 3.63) is 128 Å². The fourth-order valence-corrected chi connectivity index (χ4v) is 5.26. The molecule has 0 bridgehead atoms. The topological polar surface area (TPSA) is 20.2 Å². The monoisotopic (exact) mass is 590 g/mol. The van der Waals surface area contributed by atoms with Crippen molar-refractivity contribution in [2.75, 3.05) is 0 Å². The molecule has 0 fully saturated rings. The van der Waals surface area contributed by atoms with Crippen LogP contribution in [0.5, 0.6) is 0 Å². The fraction of sp³-hybridized carbons (Fsp3) is 0.250. The summed E-state index contributed by atoms with van der Waals surface area (Å²) in [6.45, 7) is 4.31. The highest BCUT2D eigenvalue weighted by atomic mass is 79.9. The van der Waals surface area contributed by atoms with Gasteiger partial charge in [-0.25, -0.2) is 0 Å². The molecule has 35 heavy (non-hydrogen) atoms. The van der Waals surface area contributed by atoms with E-state index >= 15 is 0 Å². The minimum atomic E-state index is -1.30. The second kappa shape index (κ2) is 11.7. The number of halogens is 2. The highest BCUT2D eigenvalue weighted by molar-refractivity contribution is 9.10. The van der Waals surface area contributed by atoms with E-state index in [1.54, 1.807) is 0 Å². The Kier molecular flexibility index (Phi) is 8.64. The third-order valence-corrected chi connectivity index (χ3v) is 7.71. The molecule has 3 heteroatoms. The average molecular weight is 592 g/mol. The van der Waals surface area contributed by atoms with Gasteiger partial charge in [0.2, 0.25) is 0 Å². The van der Waals surface area contributed by atoms with Crippen LogP contribution in [-0.4, -0.2) is 5.11 Å². The second-order valence-corrected chi connectivity index (χ2v) is 11.1. The third kappa shape index (κ3) is 5.97. The van der Waals surface area contributed by atoms with E-state index in [4.69, 9.17) is 0 Å². The largest absolute Gasteiger partial charge is 0.376 e. The summed E-state index contributed by atoms with van der Waals surface area (Å²) < 4.78 is 1.97. The van der Waals surface area contributed by atoms with Crippen molar-refractivity contribution in [2.24, 2.45) is 0 Å². The van der Waals surface area contributed by atoms with Gasteiger partial charge in [0, 0.05) is 14.5 Å². The lowest BCUT2D eigenvalue weighted by Crippen LogP contribution is -2.29. The molecule has 4 aromatic rings. The Morgan fingerprint density at radius 2 is 1.29 bits per heavy atom. The number of unbranched alkanes of at least 4 members (excludes halogenated alkanes) is 3. The maximum absolute atomic E-state index is 12.6. The molecule has 0 aliphatic heterocycles. The minimum absolute atomic E-state index is 0.855. The zero-order valence-electron chi connectivity index (χ0n) is 20.4. The number of benzene rings is 4. The van der Waals surface area contributed by atoms with Crippen molar-refractivity contribution in [1.29, 1.82) is 0 Å². The standard InChI is InChI=1S/C32H32Br2O/c1-3-4-5-6-7-24-10-16-27(17-11-24)32(35,26-14-8-23(2)9-15-26)31-22-29(34)20-21-30(31)25-12-18-28(33)19-13-25/h8-22,35H,3-7H2,1-2H3. The lowest BCUT2D eigenvalue weighted by atomic mass is 9.77. The first-order valence-corrected chi connectivity index (χ1v) is 14.0. The van der Waals surface area contributed by atoms with Crippen LogP contribution >= 0.6 is 31.9 Å². The Labute approximate surface area is 226 Å². The van der Waals surface area contributed by atoms with Gasteiger partial charge in [-0.15, -0.1) is 0 Å². The molecule has 0 aliphatic rings. The van der Waals surface area contributed by atoms with Gasteiger partial charge in [0.15, 0.2) is 0 Å². The van der Waals surface area contributed by atoms with Crippen molar-refractivity contribution >= 4 is 31.9 Å². The maximum Gasteiger partial charge on any atom is 0.141 e. The maximum atomic E-state index is 12.6. The number of rotatable bonds is 9. The minimum Gasteiger partial charge on any atom is -0.376 e. The second-order valence-electron chi connectivity index (χ2n) is 9.28. The quantitative estimate of drug-likeness (QED) is 0.152. The summed E-state index contributed by atoms with van der Waals surface area (Å²) in [5.41, 5.74) is 5.83. The van der Waals surface area contributed by atoms with Crippen molar-refractivity contribution in [2.45, 2.75) is 51.6 Å². The summed E-state index contributed by atoms with van der Waals surface area (Å²) >= 11 is 7.21. The molecule has 0 saturated heterocycles. The van der Waals surface area contributed by atoms with E-state index in [-0.39, 0.29) is 0 Å². The van der Waals surface area contributed by atoms with Crippen LogP contribution in [0.25, 0.3) is 11.1 Å². The van der Waals surface area contributed by atoms with E-state index < -0.39 is 5.60 Å². The molecule has 0 radical (unpaired) electrons. The van der Waals surface area contributed by atoms with Gasteiger partial charge in [-0.3, -0.25) is 0 Å². The summed E-state index contributed by atoms with van der Waals surface area (Å²) in [7, 11) is 0. The van der Waals surface area contributed by atoms with Gasteiger partial charge in [0.1, 0.15) is 5.60 Å². The lowest BCUT2D eigenvalue weighted by Gasteiger charge is -2.32. The Bertz CT molecular complexity index is 1240. The van der Waals surface area contributed by atoms with Crippen LogP contribution in [-0.2, 0) is 12.0 Å². The van der Waals surface area contributed by atoms with Crippen molar-refractivity contribution in [3.63, 3.8) is 0 Å². The van der Waals surface area contributed by atoms with E-state index in [2.05, 4.69) is 106 Å². The molecule has 1 nitrogen and oxygen atoms in total. The van der Waals surface area contributed by atoms with Gasteiger partial charge in [-0.05, 0) is 71.8 Å². The molecule has 0 aromatic heterocycles. The highest BCUT2D eigenvalue weighted by Crippen LogP contribution is 2.43. The molecular formula is C32H32Br2O. The van der Waals surface area contributed by atoms with Crippen LogP contribution < -0.4 is 0 Å². The molecule has 1 atom stereocenters. The van der Waals surface area contributed by atoms with Crippen LogP contribution in [0.15, 0.2) is 99.9 Å². The van der Waals surface area contributed by atoms with E-state index in [0.29, 0.717) is 0 Å². The molecule has 0 saturated carbocycles. The van der Waals surface area contributed by atoms with Crippen LogP contribution in [0.2, 0.25) is 0 Å². The SMILES string of the molecule is CCCCCCc1ccc(C(O)(c2ccc(C)cc2)c2cc(Br)ccc2-c2ccc(Br)cc2)cc1. The lowest BCUT2D eigenvalue weighted by molar-refractivity contribution is 0.126. The molecule has 0 spiro atoms. The summed E-state index contributed by atoms with van der Waals surface area (Å²) in [6, 6.07) is 31.2. The summed E-state index contributed by atoms with van der Waals surface area (Å²) in [6.07, 6.45) is 6.07. The van der Waals surface area contributed by atoms with Gasteiger partial charge in [-0.2, -0.15) is 0 Å². The van der Waals surface area contributed by atoms with Crippen LogP contribution in [0.3, 0.4) is 0 Å². The van der Waals surface area contributed by atoms with Gasteiger partial charge < -0.3 is 5.11 Å². The van der Waals surface area contributed by atoms with Crippen LogP contribution in [0.4, 0.5) is 0 Å². The van der Waals surface area contributed by atoms with Crippen LogP contribution in [0, 0.1) is 6.92 Å². The molecule has 1 N–H and O–H groups in total. The Balaban J connectivity index is 1.84. The molecule has 0 amide bonds. The van der Waals surface area contributed by atoms with E-state index in [0.717, 1.165) is 43.2 Å². The molecule has 0 aliphatic carbocycles. The smallest absolute Gasteiger partial charge is 0.141 e. The summed E-state index contributed by atoms with van der Waals surface area (Å²) in [5.74, 6) is 0. The predicted molar refractivity (Wildman–Crippen MR) is 155 cm³/mol. The first-order valence-electron chi connectivity index (χ1n) is 12.4. The first-order chi connectivity index (χ1) is 16.9. The Morgan fingerprint density at radius 1 is 0.686 bits per heavy atom. The Hall–Kier alpha value is -2.20. The van der Waals surface area contributed by atoms with E-state index in [9.17, 15) is 5.11 Å². The van der Waals surface area contributed by atoms with Gasteiger partial charge in [0.25, 0.3) is 0 Å². The number of hydrogen-bond acceptors (Lipinski definition) is 1. The van der Waals surface area contributed by atoms with Crippen molar-refractivity contribution in [3.8, 4) is 11.1 Å². The molecular weight excluding hydrogens is 560 g/mol. The Morgan fingerprint density at radius 3 is 1.91 bits per heavy atom. The zero-order valence-corrected chi connectivity index (χ0v) is 23.6. The van der Waals surface area contributed by atoms with E-state index in [1.807, 2.05) is 30.3 Å². The predicted octanol–water partition coefficient (Wildman–Crippen LogP) is 9.59. The number of hydrogen-bond donors (Lipinski definition) is 1. The molecule has 1 unspecified atom stereocenters. The van der Waals surface area contributed by atoms with Crippen molar-refractivity contribution < 1.29 is 5.11 Å². The summed E-state index contributed by atoms with van der Waals surface area (Å²) in [5, 5.41) is 12.6. The molecule has 0 heterocycles. The fourth-order valence-electron chi connectivity index (χ4n) is 4.64. The highest BCUT2D eigenvalue weighted by Gasteiger charge is 2.36. The molecule has 4 aromatic carbocycles. The van der Waals surface area contributed by atoms with Gasteiger partial charge in [0.05, 0.1) is 0 Å². The van der Waals surface area contributed by atoms with Gasteiger partial charge in [-0.1, -0.05) is 130 Å².